The lowest BCUT2D eigenvalue weighted by molar-refractivity contribution is 0.101. The summed E-state index contributed by atoms with van der Waals surface area (Å²) in [5, 5.41) is 6.21. The first-order chi connectivity index (χ1) is 12.7. The molecule has 10 heteroatoms. The van der Waals surface area contributed by atoms with Crippen LogP contribution in [0.25, 0.3) is 0 Å². The summed E-state index contributed by atoms with van der Waals surface area (Å²) in [6, 6.07) is 3.82. The van der Waals surface area contributed by atoms with E-state index in [0.29, 0.717) is 23.6 Å². The van der Waals surface area contributed by atoms with Gasteiger partial charge in [-0.3, -0.25) is 14.1 Å². The second-order valence-corrected chi connectivity index (χ2v) is 8.60. The molecule has 144 valence electrons. The Morgan fingerprint density at radius 2 is 2.22 bits per heavy atom. The molecule has 1 aromatic heterocycles. The van der Waals surface area contributed by atoms with Crippen LogP contribution in [0.5, 0.6) is 0 Å². The molecule has 0 aliphatic carbocycles. The molecule has 1 aromatic carbocycles. The summed E-state index contributed by atoms with van der Waals surface area (Å²) in [6.07, 6.45) is 0. The minimum Gasteiger partial charge on any atom is -0.386 e. The Labute approximate surface area is 160 Å². The zero-order valence-electron chi connectivity index (χ0n) is 15.5. The molecule has 1 atom stereocenters. The van der Waals surface area contributed by atoms with Crippen LogP contribution in [0.4, 0.5) is 10.1 Å². The molecule has 0 radical (unpaired) electrons. The van der Waals surface area contributed by atoms with Crippen LogP contribution in [0.15, 0.2) is 27.7 Å². The fourth-order valence-corrected chi connectivity index (χ4v) is 3.85. The second-order valence-electron chi connectivity index (χ2n) is 6.77. The molecule has 0 unspecified atom stereocenters. The van der Waals surface area contributed by atoms with Gasteiger partial charge in [0, 0.05) is 24.7 Å². The number of hydrogen-bond donors (Lipinski definition) is 2. The summed E-state index contributed by atoms with van der Waals surface area (Å²) in [6.45, 7) is 6.00. The van der Waals surface area contributed by atoms with Crippen molar-refractivity contribution in [2.24, 2.45) is 10.7 Å². The number of carbonyl (C=O) groups is 1. The van der Waals surface area contributed by atoms with E-state index in [4.69, 9.17) is 10.3 Å². The molecule has 27 heavy (non-hydrogen) atoms. The van der Waals surface area contributed by atoms with E-state index >= 15 is 0 Å². The first kappa shape index (κ1) is 19.3. The van der Waals surface area contributed by atoms with E-state index in [-0.39, 0.29) is 16.5 Å². The highest BCUT2D eigenvalue weighted by molar-refractivity contribution is 7.99. The van der Waals surface area contributed by atoms with Crippen LogP contribution in [-0.2, 0) is 0 Å². The topological polar surface area (TPSA) is 110 Å². The van der Waals surface area contributed by atoms with E-state index in [2.05, 4.69) is 20.4 Å². The molecular weight excluding hydrogens is 371 g/mol. The lowest BCUT2D eigenvalue weighted by atomic mass is 10.0. The van der Waals surface area contributed by atoms with E-state index in [1.807, 2.05) is 25.2 Å². The molecule has 0 saturated carbocycles. The third-order valence-corrected chi connectivity index (χ3v) is 5.20. The zero-order valence-corrected chi connectivity index (χ0v) is 16.3. The van der Waals surface area contributed by atoms with Crippen molar-refractivity contribution in [3.8, 4) is 0 Å². The second kappa shape index (κ2) is 7.28. The number of nitrogens with one attached hydrogen (secondary N) is 1. The standard InChI is InChI=1S/C17H21FN6O2S/c1-9-20-14(23-26-9)15(25)21-10-5-6-12(18)11(7-10)13-8-24(4)27-17(2,3)16(19)22-13/h5-7,13H,8H2,1-4H3,(H2,19,22)(H,21,25)/t13-/m0/s1. The average molecular weight is 392 g/mol. The molecule has 8 nitrogen and oxygen atoms in total. The number of amides is 1. The van der Waals surface area contributed by atoms with E-state index in [1.54, 1.807) is 24.9 Å². The molecule has 3 N–H and O–H groups in total. The smallest absolute Gasteiger partial charge is 0.297 e. The average Bonchev–Trinajstić information content (AvgIpc) is 2.97. The third-order valence-electron chi connectivity index (χ3n) is 4.07. The number of nitrogens with two attached hydrogens (primary N) is 1. The highest BCUT2D eigenvalue weighted by Crippen LogP contribution is 2.35. The number of likely N-dealkylation sites (N-methyl/N-ethyl adjacent to an activating group) is 1. The van der Waals surface area contributed by atoms with E-state index < -0.39 is 17.8 Å². The number of hydrogen-bond acceptors (Lipinski definition) is 8. The fraction of sp³-hybridized carbons (Fsp3) is 0.412. The summed E-state index contributed by atoms with van der Waals surface area (Å²) >= 11 is 1.55. The number of aryl methyl sites for hydroxylation is 1. The highest BCUT2D eigenvalue weighted by atomic mass is 32.2. The van der Waals surface area contributed by atoms with Gasteiger partial charge >= 0.3 is 0 Å². The molecule has 3 rings (SSSR count). The van der Waals surface area contributed by atoms with Crippen molar-refractivity contribution < 1.29 is 13.7 Å². The maximum atomic E-state index is 14.5. The first-order valence-corrected chi connectivity index (χ1v) is 9.08. The minimum atomic E-state index is -0.540. The van der Waals surface area contributed by atoms with Crippen LogP contribution in [0.1, 0.15) is 42.0 Å². The predicted octanol–water partition coefficient (Wildman–Crippen LogP) is 2.54. The van der Waals surface area contributed by atoms with Crippen molar-refractivity contribution in [2.75, 3.05) is 18.9 Å². The van der Waals surface area contributed by atoms with Crippen molar-refractivity contribution in [3.05, 3.63) is 41.3 Å². The van der Waals surface area contributed by atoms with Gasteiger partial charge in [-0.2, -0.15) is 4.98 Å². The monoisotopic (exact) mass is 392 g/mol. The van der Waals surface area contributed by atoms with Gasteiger partial charge in [0.05, 0.1) is 10.8 Å². The van der Waals surface area contributed by atoms with Gasteiger partial charge in [0.15, 0.2) is 0 Å². The van der Waals surface area contributed by atoms with Crippen molar-refractivity contribution in [1.29, 1.82) is 0 Å². The summed E-state index contributed by atoms with van der Waals surface area (Å²) in [5.41, 5.74) is 6.89. The van der Waals surface area contributed by atoms with Crippen molar-refractivity contribution >= 4 is 29.4 Å². The maximum Gasteiger partial charge on any atom is 0.297 e. The Kier molecular flexibility index (Phi) is 5.20. The number of rotatable bonds is 3. The summed E-state index contributed by atoms with van der Waals surface area (Å²) in [5.74, 6) is -0.317. The number of aliphatic imine (C=N–C) groups is 1. The normalized spacial score (nSPS) is 20.0. The molecule has 0 spiro atoms. The molecule has 0 bridgehead atoms. The fourth-order valence-electron chi connectivity index (χ4n) is 2.70. The van der Waals surface area contributed by atoms with E-state index in [0.717, 1.165) is 0 Å². The van der Waals surface area contributed by atoms with Gasteiger partial charge in [-0.25, -0.2) is 4.39 Å². The van der Waals surface area contributed by atoms with Gasteiger partial charge in [0.1, 0.15) is 11.7 Å². The molecule has 1 amide bonds. The first-order valence-electron chi connectivity index (χ1n) is 8.31. The number of aromatic nitrogens is 2. The Balaban J connectivity index is 1.89. The molecule has 2 heterocycles. The van der Waals surface area contributed by atoms with Crippen molar-refractivity contribution in [3.63, 3.8) is 0 Å². The SMILES string of the molecule is Cc1nc(C(=O)Nc2ccc(F)c([C@@H]3CN(C)SC(C)(C)C(N)=N3)c2)no1. The molecular formula is C17H21FN6O2S. The largest absolute Gasteiger partial charge is 0.386 e. The molecule has 2 aromatic rings. The van der Waals surface area contributed by atoms with Crippen molar-refractivity contribution in [2.45, 2.75) is 31.6 Å². The number of anilines is 1. The number of halogens is 1. The quantitative estimate of drug-likeness (QED) is 0.773. The summed E-state index contributed by atoms with van der Waals surface area (Å²) in [7, 11) is 1.91. The number of nitrogens with zero attached hydrogens (tertiary/aromatic N) is 4. The van der Waals surface area contributed by atoms with Crippen LogP contribution in [0.3, 0.4) is 0 Å². The number of amidine groups is 1. The minimum absolute atomic E-state index is 0.0898. The number of carbonyl (C=O) groups excluding carboxylic acids is 1. The third kappa shape index (κ3) is 4.28. The Bertz CT molecular complexity index is 897. The lowest BCUT2D eigenvalue weighted by Gasteiger charge is -2.25. The lowest BCUT2D eigenvalue weighted by Crippen LogP contribution is -2.36. The van der Waals surface area contributed by atoms with Crippen molar-refractivity contribution in [1.82, 2.24) is 14.4 Å². The van der Waals surface area contributed by atoms with E-state index in [1.165, 1.54) is 12.1 Å². The van der Waals surface area contributed by atoms with Crippen LogP contribution in [0, 0.1) is 12.7 Å². The van der Waals surface area contributed by atoms with Gasteiger partial charge in [-0.1, -0.05) is 17.1 Å². The summed E-state index contributed by atoms with van der Waals surface area (Å²) in [4.78, 5) is 20.6. The molecule has 0 fully saturated rings. The highest BCUT2D eigenvalue weighted by Gasteiger charge is 2.32. The molecule has 1 aliphatic heterocycles. The van der Waals surface area contributed by atoms with Gasteiger partial charge in [0.2, 0.25) is 5.89 Å². The van der Waals surface area contributed by atoms with Crippen LogP contribution in [-0.4, -0.2) is 44.5 Å². The maximum absolute atomic E-state index is 14.5. The summed E-state index contributed by atoms with van der Waals surface area (Å²) < 4.78 is 20.9. The van der Waals surface area contributed by atoms with E-state index in [9.17, 15) is 9.18 Å². The van der Waals surface area contributed by atoms with Gasteiger partial charge < -0.3 is 15.6 Å². The number of benzene rings is 1. The molecule has 1 aliphatic rings. The zero-order chi connectivity index (χ0) is 19.8. The molecule has 0 saturated heterocycles. The van der Waals surface area contributed by atoms with Crippen LogP contribution in [0.2, 0.25) is 0 Å². The van der Waals surface area contributed by atoms with Gasteiger partial charge in [0.25, 0.3) is 11.7 Å². The predicted molar refractivity (Wildman–Crippen MR) is 102 cm³/mol. The van der Waals surface area contributed by atoms with Crippen LogP contribution >= 0.6 is 11.9 Å². The van der Waals surface area contributed by atoms with Crippen LogP contribution < -0.4 is 11.1 Å². The Hall–Kier alpha value is -2.46. The van der Waals surface area contributed by atoms with Gasteiger partial charge in [-0.05, 0) is 39.1 Å². The van der Waals surface area contributed by atoms with Gasteiger partial charge in [-0.15, -0.1) is 0 Å². The Morgan fingerprint density at radius 3 is 2.89 bits per heavy atom. The Morgan fingerprint density at radius 1 is 1.48 bits per heavy atom.